The average molecular weight is 300 g/mol. The van der Waals surface area contributed by atoms with E-state index in [1.165, 1.54) is 5.32 Å². The summed E-state index contributed by atoms with van der Waals surface area (Å²) in [4.78, 5) is 11.1. The minimum absolute atomic E-state index is 0.426. The number of carbonyl (C=O) groups excluding carboxylic acids is 1. The third-order valence-corrected chi connectivity index (χ3v) is 2.14. The standard InChI is InChI=1S/C11H8F6NO2/c1-2-20-9(19)18-8-6(10(12,13)14)4-3-5-7(8)11(15,16)17/h3-5H,1-2H2,(H,18,19). The van der Waals surface area contributed by atoms with E-state index in [1.54, 1.807) is 0 Å². The van der Waals surface area contributed by atoms with Crippen molar-refractivity contribution in [3.05, 3.63) is 36.2 Å². The molecule has 1 amide bonds. The zero-order chi connectivity index (χ0) is 15.6. The van der Waals surface area contributed by atoms with Gasteiger partial charge in [-0.3, -0.25) is 5.32 Å². The Hall–Kier alpha value is -1.93. The summed E-state index contributed by atoms with van der Waals surface area (Å²) < 4.78 is 80.3. The van der Waals surface area contributed by atoms with E-state index >= 15 is 0 Å². The number of amides is 1. The molecule has 0 saturated heterocycles. The molecule has 1 aromatic carbocycles. The number of hydrogen-bond donors (Lipinski definition) is 1. The number of alkyl halides is 6. The van der Waals surface area contributed by atoms with Crippen molar-refractivity contribution in [2.24, 2.45) is 0 Å². The van der Waals surface area contributed by atoms with E-state index in [0.717, 1.165) is 0 Å². The smallest absolute Gasteiger partial charge is 0.418 e. The Morgan fingerprint density at radius 1 is 1.10 bits per heavy atom. The molecule has 0 aliphatic carbocycles. The van der Waals surface area contributed by atoms with Crippen LogP contribution in [0, 0.1) is 6.92 Å². The number of para-hydroxylation sites is 1. The van der Waals surface area contributed by atoms with Gasteiger partial charge in [0.2, 0.25) is 0 Å². The Labute approximate surface area is 109 Å². The summed E-state index contributed by atoms with van der Waals surface area (Å²) in [6.07, 6.45) is -11.6. The Kier molecular flexibility index (Phi) is 4.51. The highest BCUT2D eigenvalue weighted by atomic mass is 19.4. The first kappa shape index (κ1) is 16.1. The van der Waals surface area contributed by atoms with E-state index in [9.17, 15) is 31.1 Å². The normalized spacial score (nSPS) is 12.2. The van der Waals surface area contributed by atoms with E-state index in [1.807, 2.05) is 0 Å². The molecule has 1 rings (SSSR count). The molecule has 1 aromatic rings. The number of hydrogen-bond acceptors (Lipinski definition) is 2. The molecule has 3 nitrogen and oxygen atoms in total. The maximum Gasteiger partial charge on any atom is 0.418 e. The molecule has 0 saturated carbocycles. The van der Waals surface area contributed by atoms with E-state index in [0.29, 0.717) is 18.2 Å². The fraction of sp³-hybridized carbons (Fsp3) is 0.273. The Bertz CT molecular complexity index is 462. The molecule has 0 heterocycles. The maximum absolute atomic E-state index is 12.7. The van der Waals surface area contributed by atoms with Gasteiger partial charge in [0, 0.05) is 0 Å². The third kappa shape index (κ3) is 3.78. The van der Waals surface area contributed by atoms with Crippen molar-refractivity contribution in [1.29, 1.82) is 0 Å². The maximum atomic E-state index is 12.7. The van der Waals surface area contributed by atoms with Crippen molar-refractivity contribution in [3.8, 4) is 0 Å². The van der Waals surface area contributed by atoms with Gasteiger partial charge in [0.15, 0.2) is 0 Å². The number of benzene rings is 1. The highest BCUT2D eigenvalue weighted by Crippen LogP contribution is 2.42. The lowest BCUT2D eigenvalue weighted by Gasteiger charge is -2.18. The summed E-state index contributed by atoms with van der Waals surface area (Å²) in [5, 5.41) is 1.45. The molecular weight excluding hydrogens is 292 g/mol. The minimum atomic E-state index is -5.06. The highest BCUT2D eigenvalue weighted by molar-refractivity contribution is 5.87. The predicted molar refractivity (Wildman–Crippen MR) is 56.8 cm³/mol. The first-order chi connectivity index (χ1) is 9.07. The molecule has 0 aliphatic heterocycles. The van der Waals surface area contributed by atoms with Gasteiger partial charge in [-0.1, -0.05) is 6.07 Å². The van der Waals surface area contributed by atoms with Crippen LogP contribution in [-0.2, 0) is 17.1 Å². The first-order valence-electron chi connectivity index (χ1n) is 5.07. The molecule has 0 spiro atoms. The van der Waals surface area contributed by atoms with Crippen LogP contribution in [0.1, 0.15) is 11.1 Å². The van der Waals surface area contributed by atoms with Crippen LogP contribution in [0.15, 0.2) is 18.2 Å². The largest absolute Gasteiger partial charge is 0.449 e. The average Bonchev–Trinajstić information content (AvgIpc) is 2.26. The van der Waals surface area contributed by atoms with Crippen molar-refractivity contribution >= 4 is 11.8 Å². The van der Waals surface area contributed by atoms with E-state index in [2.05, 4.69) is 11.7 Å². The van der Waals surface area contributed by atoms with E-state index in [4.69, 9.17) is 0 Å². The van der Waals surface area contributed by atoms with Gasteiger partial charge in [-0.25, -0.2) is 4.79 Å². The van der Waals surface area contributed by atoms with Gasteiger partial charge >= 0.3 is 18.4 Å². The van der Waals surface area contributed by atoms with Crippen LogP contribution in [0.25, 0.3) is 0 Å². The molecule has 0 atom stereocenters. The van der Waals surface area contributed by atoms with Crippen LogP contribution in [0.5, 0.6) is 0 Å². The van der Waals surface area contributed by atoms with Crippen molar-refractivity contribution in [2.45, 2.75) is 12.4 Å². The predicted octanol–water partition coefficient (Wildman–Crippen LogP) is 4.11. The van der Waals surface area contributed by atoms with Gasteiger partial charge in [-0.05, 0) is 19.1 Å². The molecule has 0 fully saturated rings. The molecule has 111 valence electrons. The topological polar surface area (TPSA) is 38.3 Å². The first-order valence-corrected chi connectivity index (χ1v) is 5.07. The van der Waals surface area contributed by atoms with Crippen molar-refractivity contribution in [2.75, 3.05) is 11.9 Å². The van der Waals surface area contributed by atoms with Crippen LogP contribution in [-0.4, -0.2) is 12.7 Å². The van der Waals surface area contributed by atoms with E-state index in [-0.39, 0.29) is 0 Å². The lowest BCUT2D eigenvalue weighted by Crippen LogP contribution is -2.21. The van der Waals surface area contributed by atoms with Crippen molar-refractivity contribution < 1.29 is 35.9 Å². The van der Waals surface area contributed by atoms with Gasteiger partial charge in [0.05, 0.1) is 23.4 Å². The van der Waals surface area contributed by atoms with Gasteiger partial charge in [0.25, 0.3) is 0 Å². The SMILES string of the molecule is [CH2]COC(=O)Nc1c(C(F)(F)F)cccc1C(F)(F)F. The molecule has 0 bridgehead atoms. The second-order valence-corrected chi connectivity index (χ2v) is 3.48. The number of carbonyl (C=O) groups is 1. The second-order valence-electron chi connectivity index (χ2n) is 3.48. The van der Waals surface area contributed by atoms with Crippen molar-refractivity contribution in [1.82, 2.24) is 0 Å². The second kappa shape index (κ2) is 5.59. The van der Waals surface area contributed by atoms with Crippen LogP contribution in [0.2, 0.25) is 0 Å². The third-order valence-electron chi connectivity index (χ3n) is 2.14. The lowest BCUT2D eigenvalue weighted by atomic mass is 10.1. The van der Waals surface area contributed by atoms with Crippen LogP contribution in [0.3, 0.4) is 0 Å². The zero-order valence-corrected chi connectivity index (χ0v) is 9.73. The number of rotatable bonds is 2. The fourth-order valence-electron chi connectivity index (χ4n) is 1.39. The summed E-state index contributed by atoms with van der Waals surface area (Å²) in [5.41, 5.74) is -4.63. The number of halogens is 6. The van der Waals surface area contributed by atoms with Gasteiger partial charge in [-0.2, -0.15) is 26.3 Å². The summed E-state index contributed by atoms with van der Waals surface area (Å²) in [5.74, 6) is 0. The minimum Gasteiger partial charge on any atom is -0.449 e. The van der Waals surface area contributed by atoms with Crippen LogP contribution < -0.4 is 5.32 Å². The van der Waals surface area contributed by atoms with E-state index < -0.39 is 41.9 Å². The Balaban J connectivity index is 3.37. The molecular formula is C11H8F6NO2. The quantitative estimate of drug-likeness (QED) is 0.835. The van der Waals surface area contributed by atoms with Crippen LogP contribution >= 0.6 is 0 Å². The van der Waals surface area contributed by atoms with Crippen LogP contribution in [0.4, 0.5) is 36.8 Å². The summed E-state index contributed by atoms with van der Waals surface area (Å²) in [6.45, 7) is 2.64. The van der Waals surface area contributed by atoms with Gasteiger partial charge in [-0.15, -0.1) is 0 Å². The molecule has 0 aliphatic rings. The Morgan fingerprint density at radius 3 is 1.90 bits per heavy atom. The van der Waals surface area contributed by atoms with Gasteiger partial charge < -0.3 is 4.74 Å². The highest BCUT2D eigenvalue weighted by Gasteiger charge is 2.41. The fourth-order valence-corrected chi connectivity index (χ4v) is 1.39. The summed E-state index contributed by atoms with van der Waals surface area (Å²) >= 11 is 0. The van der Waals surface area contributed by atoms with Crippen molar-refractivity contribution in [3.63, 3.8) is 0 Å². The Morgan fingerprint density at radius 2 is 1.55 bits per heavy atom. The summed E-state index contributed by atoms with van der Waals surface area (Å²) in [7, 11) is 0. The molecule has 9 heteroatoms. The molecule has 0 unspecified atom stereocenters. The molecule has 1 N–H and O–H groups in total. The molecule has 20 heavy (non-hydrogen) atoms. The monoisotopic (exact) mass is 300 g/mol. The van der Waals surface area contributed by atoms with Gasteiger partial charge in [0.1, 0.15) is 0 Å². The number of nitrogens with one attached hydrogen (secondary N) is 1. The lowest BCUT2D eigenvalue weighted by molar-refractivity contribution is -0.141. The number of anilines is 1. The summed E-state index contributed by atoms with van der Waals surface area (Å²) in [6, 6.07) is 1.45. The molecule has 0 aromatic heterocycles. The zero-order valence-electron chi connectivity index (χ0n) is 9.73. The number of ether oxygens (including phenoxy) is 1. The molecule has 1 radical (unpaired) electrons.